The van der Waals surface area contributed by atoms with Gasteiger partial charge in [0.15, 0.2) is 0 Å². The van der Waals surface area contributed by atoms with Crippen LogP contribution in [0.3, 0.4) is 0 Å². The minimum Gasteiger partial charge on any atom is -0.314 e. The van der Waals surface area contributed by atoms with Crippen molar-refractivity contribution in [2.45, 2.75) is 25.9 Å². The van der Waals surface area contributed by atoms with Crippen LogP contribution in [-0.4, -0.2) is 19.1 Å². The summed E-state index contributed by atoms with van der Waals surface area (Å²) in [5.74, 6) is -0.790. The molecule has 0 aliphatic heterocycles. The van der Waals surface area contributed by atoms with E-state index < -0.39 is 5.82 Å². The Morgan fingerprint density at radius 2 is 1.94 bits per heavy atom. The molecule has 1 aromatic rings. The Kier molecular flexibility index (Phi) is 4.38. The molecule has 1 aromatic carbocycles. The highest BCUT2D eigenvalue weighted by Crippen LogP contribution is 2.09. The van der Waals surface area contributed by atoms with E-state index in [0.29, 0.717) is 18.7 Å². The SMILES string of the molecule is CNC(C)(C)CNCc1cc(F)ccc1F. The second-order valence-corrected chi connectivity index (χ2v) is 4.47. The number of nitrogens with one attached hydrogen (secondary N) is 2. The molecule has 0 aliphatic rings. The Hall–Kier alpha value is -1.00. The third kappa shape index (κ3) is 3.87. The van der Waals surface area contributed by atoms with E-state index in [1.165, 1.54) is 6.07 Å². The van der Waals surface area contributed by atoms with Gasteiger partial charge in [0, 0.05) is 24.2 Å². The zero-order valence-electron chi connectivity index (χ0n) is 9.90. The maximum absolute atomic E-state index is 13.2. The summed E-state index contributed by atoms with van der Waals surface area (Å²) >= 11 is 0. The van der Waals surface area contributed by atoms with E-state index in [4.69, 9.17) is 0 Å². The van der Waals surface area contributed by atoms with E-state index in [9.17, 15) is 8.78 Å². The number of hydrogen-bond acceptors (Lipinski definition) is 2. The largest absolute Gasteiger partial charge is 0.314 e. The van der Waals surface area contributed by atoms with Gasteiger partial charge in [0.2, 0.25) is 0 Å². The summed E-state index contributed by atoms with van der Waals surface area (Å²) in [6.45, 7) is 5.07. The molecule has 0 spiro atoms. The van der Waals surface area contributed by atoms with Gasteiger partial charge in [0.05, 0.1) is 0 Å². The first-order valence-corrected chi connectivity index (χ1v) is 5.28. The lowest BCUT2D eigenvalue weighted by Gasteiger charge is -2.24. The van der Waals surface area contributed by atoms with Crippen LogP contribution in [-0.2, 0) is 6.54 Å². The van der Waals surface area contributed by atoms with Crippen molar-refractivity contribution < 1.29 is 8.78 Å². The molecular formula is C12H18F2N2. The second kappa shape index (κ2) is 5.37. The monoisotopic (exact) mass is 228 g/mol. The summed E-state index contributed by atoms with van der Waals surface area (Å²) in [5.41, 5.74) is 0.288. The molecule has 0 heterocycles. The standard InChI is InChI=1S/C12H18F2N2/c1-12(2,15-3)8-16-7-9-6-10(13)4-5-11(9)14/h4-6,15-16H,7-8H2,1-3H3. The van der Waals surface area contributed by atoms with Crippen LogP contribution in [0.5, 0.6) is 0 Å². The van der Waals surface area contributed by atoms with Crippen molar-refractivity contribution >= 4 is 0 Å². The van der Waals surface area contributed by atoms with Crippen molar-refractivity contribution in [3.8, 4) is 0 Å². The van der Waals surface area contributed by atoms with Gasteiger partial charge >= 0.3 is 0 Å². The van der Waals surface area contributed by atoms with Crippen molar-refractivity contribution in [3.05, 3.63) is 35.4 Å². The predicted octanol–water partition coefficient (Wildman–Crippen LogP) is 2.05. The molecule has 0 amide bonds. The molecule has 1 rings (SSSR count). The van der Waals surface area contributed by atoms with Crippen LogP contribution in [0.25, 0.3) is 0 Å². The van der Waals surface area contributed by atoms with Crippen molar-refractivity contribution in [3.63, 3.8) is 0 Å². The third-order valence-corrected chi connectivity index (χ3v) is 2.57. The zero-order chi connectivity index (χ0) is 12.2. The van der Waals surface area contributed by atoms with Crippen LogP contribution >= 0.6 is 0 Å². The average Bonchev–Trinajstić information content (AvgIpc) is 2.23. The lowest BCUT2D eigenvalue weighted by molar-refractivity contribution is 0.391. The Morgan fingerprint density at radius 1 is 1.25 bits per heavy atom. The van der Waals surface area contributed by atoms with Crippen LogP contribution in [0.4, 0.5) is 8.78 Å². The molecule has 16 heavy (non-hydrogen) atoms. The van der Waals surface area contributed by atoms with Gasteiger partial charge in [0.1, 0.15) is 11.6 Å². The van der Waals surface area contributed by atoms with Crippen LogP contribution in [0.2, 0.25) is 0 Å². The highest BCUT2D eigenvalue weighted by molar-refractivity contribution is 5.18. The smallest absolute Gasteiger partial charge is 0.127 e. The number of likely N-dealkylation sites (N-methyl/N-ethyl adjacent to an activating group) is 1. The van der Waals surface area contributed by atoms with Crippen molar-refractivity contribution in [1.82, 2.24) is 10.6 Å². The lowest BCUT2D eigenvalue weighted by Crippen LogP contribution is -2.45. The van der Waals surface area contributed by atoms with E-state index in [1.807, 2.05) is 20.9 Å². The molecule has 0 saturated heterocycles. The molecule has 0 radical (unpaired) electrons. The molecule has 0 fully saturated rings. The second-order valence-electron chi connectivity index (χ2n) is 4.47. The molecule has 0 aliphatic carbocycles. The number of hydrogen-bond donors (Lipinski definition) is 2. The first-order valence-electron chi connectivity index (χ1n) is 5.28. The predicted molar refractivity (Wildman–Crippen MR) is 61.2 cm³/mol. The summed E-state index contributed by atoms with van der Waals surface area (Å²) in [4.78, 5) is 0. The summed E-state index contributed by atoms with van der Waals surface area (Å²) in [6, 6.07) is 3.49. The normalized spacial score (nSPS) is 11.8. The quantitative estimate of drug-likeness (QED) is 0.806. The fourth-order valence-corrected chi connectivity index (χ4v) is 1.28. The van der Waals surface area contributed by atoms with E-state index in [-0.39, 0.29) is 11.4 Å². The Bertz CT molecular complexity index is 351. The first-order chi connectivity index (χ1) is 7.44. The van der Waals surface area contributed by atoms with Crippen molar-refractivity contribution in [2.24, 2.45) is 0 Å². The van der Waals surface area contributed by atoms with Crippen LogP contribution in [0.15, 0.2) is 18.2 Å². The number of benzene rings is 1. The zero-order valence-corrected chi connectivity index (χ0v) is 9.90. The Balaban J connectivity index is 2.52. The van der Waals surface area contributed by atoms with Gasteiger partial charge in [-0.25, -0.2) is 8.78 Å². The molecule has 0 bridgehead atoms. The molecule has 0 saturated carbocycles. The Labute approximate surface area is 95.1 Å². The summed E-state index contributed by atoms with van der Waals surface area (Å²) in [7, 11) is 1.87. The van der Waals surface area contributed by atoms with Gasteiger partial charge in [0.25, 0.3) is 0 Å². The maximum Gasteiger partial charge on any atom is 0.127 e. The van der Waals surface area contributed by atoms with Gasteiger partial charge in [-0.1, -0.05) is 0 Å². The van der Waals surface area contributed by atoms with Gasteiger partial charge < -0.3 is 10.6 Å². The topological polar surface area (TPSA) is 24.1 Å². The molecule has 0 aromatic heterocycles. The van der Waals surface area contributed by atoms with Gasteiger partial charge in [-0.15, -0.1) is 0 Å². The van der Waals surface area contributed by atoms with Crippen LogP contribution in [0, 0.1) is 11.6 Å². The summed E-state index contributed by atoms with van der Waals surface area (Å²) in [6.07, 6.45) is 0. The van der Waals surface area contributed by atoms with E-state index in [0.717, 1.165) is 12.1 Å². The van der Waals surface area contributed by atoms with Gasteiger partial charge in [-0.3, -0.25) is 0 Å². The third-order valence-electron chi connectivity index (χ3n) is 2.57. The molecule has 90 valence electrons. The number of rotatable bonds is 5. The van der Waals surface area contributed by atoms with E-state index >= 15 is 0 Å². The molecule has 0 atom stereocenters. The average molecular weight is 228 g/mol. The minimum absolute atomic E-state index is 0.0657. The molecule has 0 unspecified atom stereocenters. The summed E-state index contributed by atoms with van der Waals surface area (Å²) in [5, 5.41) is 6.22. The van der Waals surface area contributed by atoms with E-state index in [1.54, 1.807) is 0 Å². The molecule has 4 heteroatoms. The number of halogens is 2. The van der Waals surface area contributed by atoms with Crippen molar-refractivity contribution in [1.29, 1.82) is 0 Å². The Morgan fingerprint density at radius 3 is 2.56 bits per heavy atom. The fraction of sp³-hybridized carbons (Fsp3) is 0.500. The summed E-state index contributed by atoms with van der Waals surface area (Å²) < 4.78 is 26.1. The highest BCUT2D eigenvalue weighted by Gasteiger charge is 2.13. The lowest BCUT2D eigenvalue weighted by atomic mass is 10.1. The molecule has 2 N–H and O–H groups in total. The first kappa shape index (κ1) is 13.1. The minimum atomic E-state index is -0.411. The molecular weight excluding hydrogens is 210 g/mol. The molecule has 2 nitrogen and oxygen atoms in total. The van der Waals surface area contributed by atoms with Gasteiger partial charge in [-0.05, 0) is 39.1 Å². The van der Waals surface area contributed by atoms with E-state index in [2.05, 4.69) is 10.6 Å². The van der Waals surface area contributed by atoms with Crippen LogP contribution < -0.4 is 10.6 Å². The fourth-order valence-electron chi connectivity index (χ4n) is 1.28. The van der Waals surface area contributed by atoms with Crippen LogP contribution in [0.1, 0.15) is 19.4 Å². The maximum atomic E-state index is 13.2. The van der Waals surface area contributed by atoms with Crippen molar-refractivity contribution in [2.75, 3.05) is 13.6 Å². The van der Waals surface area contributed by atoms with Gasteiger partial charge in [-0.2, -0.15) is 0 Å². The highest BCUT2D eigenvalue weighted by atomic mass is 19.1.